The average Bonchev–Trinajstić information content (AvgIpc) is 2.94. The summed E-state index contributed by atoms with van der Waals surface area (Å²) >= 11 is 23.7. The van der Waals surface area contributed by atoms with Gasteiger partial charge < -0.3 is 4.42 Å². The fraction of sp³-hybridized carbons (Fsp3) is 0.0556. The second kappa shape index (κ2) is 7.20. The molecule has 6 heteroatoms. The summed E-state index contributed by atoms with van der Waals surface area (Å²) in [5.74, 6) is 0.893. The number of aromatic nitrogens is 1. The highest BCUT2D eigenvalue weighted by molar-refractivity contribution is 6.66. The van der Waals surface area contributed by atoms with E-state index in [2.05, 4.69) is 4.98 Å². The minimum absolute atomic E-state index is 0.294. The molecule has 0 atom stereocenters. The maximum atomic E-state index is 6.15. The van der Waals surface area contributed by atoms with Crippen molar-refractivity contribution >= 4 is 58.6 Å². The van der Waals surface area contributed by atoms with Gasteiger partial charge in [-0.15, -0.1) is 0 Å². The Labute approximate surface area is 159 Å². The van der Waals surface area contributed by atoms with Crippen LogP contribution in [0.4, 0.5) is 0 Å². The third-order valence-electron chi connectivity index (χ3n) is 3.30. The number of benzene rings is 2. The molecule has 0 fully saturated rings. The van der Waals surface area contributed by atoms with E-state index in [1.54, 1.807) is 30.3 Å². The number of oxazole rings is 1. The van der Waals surface area contributed by atoms with Crippen LogP contribution in [-0.2, 0) is 3.79 Å². The van der Waals surface area contributed by atoms with Crippen molar-refractivity contribution in [2.45, 2.75) is 3.79 Å². The van der Waals surface area contributed by atoms with Crippen molar-refractivity contribution in [3.05, 3.63) is 76.6 Å². The first-order valence-electron chi connectivity index (χ1n) is 7.00. The van der Waals surface area contributed by atoms with E-state index in [9.17, 15) is 0 Å². The van der Waals surface area contributed by atoms with Gasteiger partial charge in [-0.05, 0) is 23.8 Å². The molecule has 0 aliphatic heterocycles. The van der Waals surface area contributed by atoms with Crippen LogP contribution in [0.1, 0.15) is 16.9 Å². The number of hydrogen-bond donors (Lipinski definition) is 0. The number of hydrogen-bond acceptors (Lipinski definition) is 2. The summed E-state index contributed by atoms with van der Waals surface area (Å²) in [6.45, 7) is 0. The molecule has 0 radical (unpaired) electrons. The van der Waals surface area contributed by atoms with E-state index < -0.39 is 3.79 Å². The van der Waals surface area contributed by atoms with E-state index in [0.717, 1.165) is 11.1 Å². The smallest absolute Gasteiger partial charge is 0.228 e. The molecule has 0 amide bonds. The summed E-state index contributed by atoms with van der Waals surface area (Å²) in [6, 6.07) is 16.8. The molecule has 3 aromatic rings. The molecule has 24 heavy (non-hydrogen) atoms. The van der Waals surface area contributed by atoms with E-state index in [0.29, 0.717) is 22.4 Å². The Morgan fingerprint density at radius 2 is 1.54 bits per heavy atom. The van der Waals surface area contributed by atoms with Gasteiger partial charge in [0.1, 0.15) is 0 Å². The first-order valence-corrected chi connectivity index (χ1v) is 8.52. The Kier molecular flexibility index (Phi) is 5.21. The van der Waals surface area contributed by atoms with Crippen LogP contribution in [-0.4, -0.2) is 4.98 Å². The van der Waals surface area contributed by atoms with Crippen LogP contribution in [0.2, 0.25) is 5.15 Å². The van der Waals surface area contributed by atoms with Crippen LogP contribution in [0.15, 0.2) is 59.0 Å². The number of rotatable bonds is 3. The van der Waals surface area contributed by atoms with E-state index in [4.69, 9.17) is 50.8 Å². The van der Waals surface area contributed by atoms with Gasteiger partial charge >= 0.3 is 0 Å². The number of halogens is 4. The van der Waals surface area contributed by atoms with E-state index in [1.807, 2.05) is 36.4 Å². The Morgan fingerprint density at radius 3 is 2.17 bits per heavy atom. The Morgan fingerprint density at radius 1 is 0.875 bits per heavy atom. The van der Waals surface area contributed by atoms with Crippen LogP contribution in [0.25, 0.3) is 23.6 Å². The van der Waals surface area contributed by atoms with Gasteiger partial charge in [-0.25, -0.2) is 0 Å². The summed E-state index contributed by atoms with van der Waals surface area (Å²) in [5.41, 5.74) is 2.35. The van der Waals surface area contributed by atoms with Gasteiger partial charge in [0.15, 0.2) is 10.9 Å². The largest absolute Gasteiger partial charge is 0.435 e. The molecule has 0 aliphatic rings. The third-order valence-corrected chi connectivity index (χ3v) is 4.22. The zero-order chi connectivity index (χ0) is 17.2. The Balaban J connectivity index is 1.85. The fourth-order valence-corrected chi connectivity index (χ4v) is 2.63. The second-order valence-electron chi connectivity index (χ2n) is 4.99. The topological polar surface area (TPSA) is 26.0 Å². The van der Waals surface area contributed by atoms with Crippen LogP contribution in [0.3, 0.4) is 0 Å². The van der Waals surface area contributed by atoms with E-state index in [-0.39, 0.29) is 0 Å². The fourth-order valence-electron chi connectivity index (χ4n) is 2.08. The summed E-state index contributed by atoms with van der Waals surface area (Å²) in [6.07, 6.45) is 3.69. The summed E-state index contributed by atoms with van der Waals surface area (Å²) in [4.78, 5) is 4.23. The van der Waals surface area contributed by atoms with Crippen LogP contribution in [0.5, 0.6) is 0 Å². The molecule has 3 rings (SSSR count). The van der Waals surface area contributed by atoms with Gasteiger partial charge in [0.05, 0.1) is 0 Å². The Hall–Kier alpha value is -1.45. The van der Waals surface area contributed by atoms with E-state index in [1.165, 1.54) is 0 Å². The molecule has 2 aromatic carbocycles. The molecular formula is C18H11Cl4NO. The predicted molar refractivity (Wildman–Crippen MR) is 102 cm³/mol. The van der Waals surface area contributed by atoms with Crippen molar-refractivity contribution in [1.82, 2.24) is 4.98 Å². The lowest BCUT2D eigenvalue weighted by atomic mass is 10.1. The molecule has 0 unspecified atom stereocenters. The van der Waals surface area contributed by atoms with Gasteiger partial charge in [0, 0.05) is 11.1 Å². The normalized spacial score (nSPS) is 12.0. The SMILES string of the molecule is Clc1nc(-c2ccc(C(Cl)(Cl)Cl)cc2)oc1/C=C/c1ccccc1. The first-order chi connectivity index (χ1) is 11.4. The predicted octanol–water partition coefficient (Wildman–Crippen LogP) is 6.99. The second-order valence-corrected chi connectivity index (χ2v) is 7.63. The summed E-state index contributed by atoms with van der Waals surface area (Å²) in [5, 5.41) is 0.294. The molecule has 0 bridgehead atoms. The average molecular weight is 399 g/mol. The first kappa shape index (κ1) is 17.4. The van der Waals surface area contributed by atoms with Gasteiger partial charge in [-0.2, -0.15) is 4.98 Å². The molecule has 0 spiro atoms. The zero-order valence-electron chi connectivity index (χ0n) is 12.2. The standard InChI is InChI=1S/C18H11Cl4NO/c19-16-15(11-6-12-4-2-1-3-5-12)24-17(23-16)13-7-9-14(10-8-13)18(20,21)22/h1-11H/b11-6+. The molecule has 122 valence electrons. The zero-order valence-corrected chi connectivity index (χ0v) is 15.2. The third kappa shape index (κ3) is 4.14. The maximum absolute atomic E-state index is 6.15. The lowest BCUT2D eigenvalue weighted by molar-refractivity contribution is 0.565. The molecule has 0 N–H and O–H groups in total. The summed E-state index contributed by atoms with van der Waals surface area (Å²) in [7, 11) is 0. The minimum atomic E-state index is -1.46. The van der Waals surface area contributed by atoms with Crippen molar-refractivity contribution < 1.29 is 4.42 Å². The molecule has 1 aromatic heterocycles. The summed E-state index contributed by atoms with van der Waals surface area (Å²) < 4.78 is 4.26. The number of nitrogens with zero attached hydrogens (tertiary/aromatic N) is 1. The number of alkyl halides is 3. The van der Waals surface area contributed by atoms with Crippen LogP contribution >= 0.6 is 46.4 Å². The highest BCUT2D eigenvalue weighted by atomic mass is 35.6. The molecule has 2 nitrogen and oxygen atoms in total. The molecule has 0 aliphatic carbocycles. The Bertz CT molecular complexity index is 849. The molecule has 0 saturated carbocycles. The van der Waals surface area contributed by atoms with Gasteiger partial charge in [-0.1, -0.05) is 94.9 Å². The van der Waals surface area contributed by atoms with Crippen molar-refractivity contribution in [2.24, 2.45) is 0 Å². The van der Waals surface area contributed by atoms with Crippen molar-refractivity contribution in [3.8, 4) is 11.5 Å². The monoisotopic (exact) mass is 397 g/mol. The van der Waals surface area contributed by atoms with Crippen LogP contribution in [0, 0.1) is 0 Å². The lowest BCUT2D eigenvalue weighted by Gasteiger charge is -2.10. The minimum Gasteiger partial charge on any atom is -0.435 e. The van der Waals surface area contributed by atoms with Crippen molar-refractivity contribution in [2.75, 3.05) is 0 Å². The highest BCUT2D eigenvalue weighted by Gasteiger charge is 2.22. The van der Waals surface area contributed by atoms with Gasteiger partial charge in [-0.3, -0.25) is 0 Å². The quantitative estimate of drug-likeness (QED) is 0.444. The van der Waals surface area contributed by atoms with Crippen molar-refractivity contribution in [1.29, 1.82) is 0 Å². The lowest BCUT2D eigenvalue weighted by Crippen LogP contribution is -1.98. The molecule has 0 saturated heterocycles. The van der Waals surface area contributed by atoms with E-state index >= 15 is 0 Å². The molecular weight excluding hydrogens is 388 g/mol. The van der Waals surface area contributed by atoms with Crippen molar-refractivity contribution in [3.63, 3.8) is 0 Å². The highest BCUT2D eigenvalue weighted by Crippen LogP contribution is 2.38. The molecule has 1 heterocycles. The van der Waals surface area contributed by atoms with Gasteiger partial charge in [0.25, 0.3) is 0 Å². The van der Waals surface area contributed by atoms with Gasteiger partial charge in [0.2, 0.25) is 9.68 Å². The van der Waals surface area contributed by atoms with Crippen LogP contribution < -0.4 is 0 Å². The maximum Gasteiger partial charge on any atom is 0.228 e.